The Kier molecular flexibility index (Phi) is 3.66. The third-order valence-electron chi connectivity index (χ3n) is 3.50. The minimum absolute atomic E-state index is 0.329. The van der Waals surface area contributed by atoms with Crippen LogP contribution in [0.15, 0.2) is 42.5 Å². The van der Waals surface area contributed by atoms with Crippen LogP contribution in [-0.2, 0) is 0 Å². The Labute approximate surface area is 145 Å². The van der Waals surface area contributed by atoms with Crippen molar-refractivity contribution < 1.29 is 9.13 Å². The van der Waals surface area contributed by atoms with Crippen LogP contribution in [0.2, 0.25) is 5.02 Å². The van der Waals surface area contributed by atoms with Gasteiger partial charge in [-0.25, -0.2) is 4.39 Å². The Morgan fingerprint density at radius 2 is 1.96 bits per heavy atom. The number of rotatable bonds is 3. The Hall–Kier alpha value is -2.51. The molecule has 4 aromatic rings. The van der Waals surface area contributed by atoms with Gasteiger partial charge in [0, 0.05) is 10.6 Å². The smallest absolute Gasteiger partial charge is 0.235 e. The van der Waals surface area contributed by atoms with Gasteiger partial charge in [0.05, 0.1) is 12.7 Å². The normalized spacial score (nSPS) is 11.1. The van der Waals surface area contributed by atoms with Crippen LogP contribution in [-0.4, -0.2) is 26.9 Å². The number of benzene rings is 2. The summed E-state index contributed by atoms with van der Waals surface area (Å²) in [6.45, 7) is 0. The fourth-order valence-corrected chi connectivity index (χ4v) is 3.42. The number of nitrogens with zero attached hydrogens (tertiary/aromatic N) is 4. The lowest BCUT2D eigenvalue weighted by Gasteiger charge is -2.06. The highest BCUT2D eigenvalue weighted by atomic mass is 35.5. The van der Waals surface area contributed by atoms with Gasteiger partial charge in [-0.15, -0.1) is 10.2 Å². The second-order valence-corrected chi connectivity index (χ2v) is 6.34. The van der Waals surface area contributed by atoms with Crippen molar-refractivity contribution >= 4 is 27.9 Å². The van der Waals surface area contributed by atoms with Gasteiger partial charge in [0.1, 0.15) is 11.6 Å². The zero-order chi connectivity index (χ0) is 16.7. The van der Waals surface area contributed by atoms with E-state index in [-0.39, 0.29) is 5.82 Å². The molecule has 0 aliphatic heterocycles. The predicted octanol–water partition coefficient (Wildman–Crippen LogP) is 4.32. The maximum atomic E-state index is 14.0. The standard InChI is InChI=1S/C16H10ClFN4OS/c1-23-13-7-6-9(17)8-11(13)14-19-20-16-22(14)21-15(24-16)10-4-2-3-5-12(10)18/h2-8H,1H3. The average molecular weight is 361 g/mol. The van der Waals surface area contributed by atoms with Gasteiger partial charge in [0.25, 0.3) is 0 Å². The number of aromatic nitrogens is 4. The van der Waals surface area contributed by atoms with E-state index >= 15 is 0 Å². The summed E-state index contributed by atoms with van der Waals surface area (Å²) in [6, 6.07) is 11.7. The van der Waals surface area contributed by atoms with Gasteiger partial charge >= 0.3 is 0 Å². The van der Waals surface area contributed by atoms with Crippen LogP contribution in [0.1, 0.15) is 0 Å². The molecule has 0 amide bonds. The Morgan fingerprint density at radius 1 is 1.12 bits per heavy atom. The highest BCUT2D eigenvalue weighted by molar-refractivity contribution is 7.19. The summed E-state index contributed by atoms with van der Waals surface area (Å²) in [6.07, 6.45) is 0. The van der Waals surface area contributed by atoms with Crippen molar-refractivity contribution in [2.75, 3.05) is 7.11 Å². The number of fused-ring (bicyclic) bond motifs is 1. The minimum atomic E-state index is -0.329. The first-order valence-corrected chi connectivity index (χ1v) is 8.18. The fourth-order valence-electron chi connectivity index (χ4n) is 2.38. The van der Waals surface area contributed by atoms with E-state index in [1.807, 2.05) is 0 Å². The number of ether oxygens (including phenoxy) is 1. The molecule has 0 unspecified atom stereocenters. The van der Waals surface area contributed by atoms with E-state index in [9.17, 15) is 4.39 Å². The quantitative estimate of drug-likeness (QED) is 0.546. The van der Waals surface area contributed by atoms with E-state index in [0.29, 0.717) is 37.7 Å². The summed E-state index contributed by atoms with van der Waals surface area (Å²) >= 11 is 7.35. The fraction of sp³-hybridized carbons (Fsp3) is 0.0625. The van der Waals surface area contributed by atoms with Gasteiger partial charge in [-0.1, -0.05) is 35.1 Å². The molecule has 0 N–H and O–H groups in total. The maximum absolute atomic E-state index is 14.0. The van der Waals surface area contributed by atoms with Crippen molar-refractivity contribution in [3.8, 4) is 27.7 Å². The third-order valence-corrected chi connectivity index (χ3v) is 4.66. The monoisotopic (exact) mass is 360 g/mol. The molecule has 2 aromatic carbocycles. The van der Waals surface area contributed by atoms with Crippen molar-refractivity contribution in [3.63, 3.8) is 0 Å². The number of halogens is 2. The lowest BCUT2D eigenvalue weighted by Crippen LogP contribution is -1.95. The first-order chi connectivity index (χ1) is 11.7. The molecule has 2 aromatic heterocycles. The summed E-state index contributed by atoms with van der Waals surface area (Å²) in [5.41, 5.74) is 1.10. The average Bonchev–Trinajstić information content (AvgIpc) is 3.15. The third kappa shape index (κ3) is 2.42. The van der Waals surface area contributed by atoms with Crippen LogP contribution < -0.4 is 4.74 Å². The molecule has 24 heavy (non-hydrogen) atoms. The largest absolute Gasteiger partial charge is 0.496 e. The van der Waals surface area contributed by atoms with Gasteiger partial charge in [-0.3, -0.25) is 0 Å². The Bertz CT molecular complexity index is 1050. The van der Waals surface area contributed by atoms with E-state index in [1.165, 1.54) is 17.4 Å². The van der Waals surface area contributed by atoms with Crippen LogP contribution in [0.4, 0.5) is 4.39 Å². The zero-order valence-corrected chi connectivity index (χ0v) is 14.0. The van der Waals surface area contributed by atoms with Crippen molar-refractivity contribution in [1.29, 1.82) is 0 Å². The molecule has 2 heterocycles. The van der Waals surface area contributed by atoms with Crippen LogP contribution in [0, 0.1) is 5.82 Å². The van der Waals surface area contributed by atoms with Gasteiger partial charge in [-0.2, -0.15) is 9.61 Å². The SMILES string of the molecule is COc1ccc(Cl)cc1-c1nnc2sc(-c3ccccc3F)nn12. The van der Waals surface area contributed by atoms with Crippen molar-refractivity contribution in [1.82, 2.24) is 19.8 Å². The van der Waals surface area contributed by atoms with Crippen LogP contribution >= 0.6 is 22.9 Å². The summed E-state index contributed by atoms with van der Waals surface area (Å²) in [4.78, 5) is 0.560. The summed E-state index contributed by atoms with van der Waals surface area (Å²) in [7, 11) is 1.57. The first kappa shape index (κ1) is 15.0. The highest BCUT2D eigenvalue weighted by Crippen LogP contribution is 2.34. The van der Waals surface area contributed by atoms with Crippen LogP contribution in [0.5, 0.6) is 5.75 Å². The molecule has 0 aliphatic carbocycles. The lowest BCUT2D eigenvalue weighted by molar-refractivity contribution is 0.416. The molecule has 0 fully saturated rings. The second kappa shape index (κ2) is 5.85. The van der Waals surface area contributed by atoms with E-state index in [2.05, 4.69) is 15.3 Å². The molecule has 0 saturated heterocycles. The topological polar surface area (TPSA) is 52.3 Å². The molecular formula is C16H10ClFN4OS. The van der Waals surface area contributed by atoms with Crippen molar-refractivity contribution in [2.45, 2.75) is 0 Å². The molecule has 0 radical (unpaired) electrons. The lowest BCUT2D eigenvalue weighted by atomic mass is 10.2. The Morgan fingerprint density at radius 3 is 2.75 bits per heavy atom. The van der Waals surface area contributed by atoms with E-state index in [1.54, 1.807) is 48.0 Å². The summed E-state index contributed by atoms with van der Waals surface area (Å²) in [5.74, 6) is 0.765. The van der Waals surface area contributed by atoms with Gasteiger partial charge in [0.15, 0.2) is 10.8 Å². The molecule has 120 valence electrons. The van der Waals surface area contributed by atoms with Gasteiger partial charge < -0.3 is 4.74 Å². The maximum Gasteiger partial charge on any atom is 0.235 e. The molecule has 0 atom stereocenters. The van der Waals surface area contributed by atoms with Crippen LogP contribution in [0.25, 0.3) is 26.9 Å². The summed E-state index contributed by atoms with van der Waals surface area (Å²) in [5, 5.41) is 13.8. The molecule has 0 spiro atoms. The Balaban J connectivity index is 1.90. The minimum Gasteiger partial charge on any atom is -0.496 e. The van der Waals surface area contributed by atoms with E-state index < -0.39 is 0 Å². The summed E-state index contributed by atoms with van der Waals surface area (Å²) < 4.78 is 20.9. The molecule has 0 bridgehead atoms. The molecule has 8 heteroatoms. The van der Waals surface area contributed by atoms with E-state index in [0.717, 1.165) is 0 Å². The highest BCUT2D eigenvalue weighted by Gasteiger charge is 2.19. The van der Waals surface area contributed by atoms with Crippen molar-refractivity contribution in [2.24, 2.45) is 0 Å². The number of hydrogen-bond acceptors (Lipinski definition) is 5. The molecule has 0 aliphatic rings. The first-order valence-electron chi connectivity index (χ1n) is 6.98. The van der Waals surface area contributed by atoms with Crippen molar-refractivity contribution in [3.05, 3.63) is 53.3 Å². The van der Waals surface area contributed by atoms with Gasteiger partial charge in [-0.05, 0) is 30.3 Å². The predicted molar refractivity (Wildman–Crippen MR) is 91.1 cm³/mol. The van der Waals surface area contributed by atoms with Gasteiger partial charge in [0.2, 0.25) is 4.96 Å². The molecule has 5 nitrogen and oxygen atoms in total. The number of hydrogen-bond donors (Lipinski definition) is 0. The molecular weight excluding hydrogens is 351 g/mol. The number of methoxy groups -OCH3 is 1. The van der Waals surface area contributed by atoms with Crippen LogP contribution in [0.3, 0.4) is 0 Å². The second-order valence-electron chi connectivity index (χ2n) is 4.95. The molecule has 4 rings (SSSR count). The zero-order valence-electron chi connectivity index (χ0n) is 12.4. The van der Waals surface area contributed by atoms with E-state index in [4.69, 9.17) is 16.3 Å². The molecule has 0 saturated carbocycles.